The Bertz CT molecular complexity index is 257. The highest BCUT2D eigenvalue weighted by Crippen LogP contribution is 2.35. The summed E-state index contributed by atoms with van der Waals surface area (Å²) >= 11 is 0. The van der Waals surface area contributed by atoms with Gasteiger partial charge in [0.15, 0.2) is 5.96 Å². The number of methoxy groups -OCH3 is 1. The summed E-state index contributed by atoms with van der Waals surface area (Å²) in [7, 11) is 1.77. The Kier molecular flexibility index (Phi) is 7.87. The fraction of sp³-hybridized carbons (Fsp3) is 0.933. The topological polar surface area (TPSA) is 59.6 Å². The molecule has 1 aliphatic carbocycles. The standard InChI is InChI=1S/C15H31N3O/c1-3-4-5-6-7-8-12-17-14(16)18-13-15(19-2)10-9-11-15/h3-13H2,1-2H3,(H3,16,17,18). The predicted molar refractivity (Wildman–Crippen MR) is 81.5 cm³/mol. The van der Waals surface area contributed by atoms with Gasteiger partial charge in [-0.3, -0.25) is 4.99 Å². The van der Waals surface area contributed by atoms with Gasteiger partial charge in [0.25, 0.3) is 0 Å². The number of ether oxygens (including phenoxy) is 1. The normalized spacial score (nSPS) is 18.1. The van der Waals surface area contributed by atoms with Crippen LogP contribution in [0.15, 0.2) is 4.99 Å². The molecule has 0 bridgehead atoms. The summed E-state index contributed by atoms with van der Waals surface area (Å²) in [5.41, 5.74) is 5.84. The van der Waals surface area contributed by atoms with Crippen molar-refractivity contribution in [2.45, 2.75) is 70.3 Å². The summed E-state index contributed by atoms with van der Waals surface area (Å²) in [6, 6.07) is 0. The maximum atomic E-state index is 5.86. The number of hydrogen-bond acceptors (Lipinski definition) is 2. The lowest BCUT2D eigenvalue weighted by atomic mass is 9.80. The Hall–Kier alpha value is -0.770. The first-order chi connectivity index (χ1) is 9.22. The third-order valence-electron chi connectivity index (χ3n) is 4.07. The molecule has 1 saturated carbocycles. The molecule has 0 saturated heterocycles. The third kappa shape index (κ3) is 6.28. The summed E-state index contributed by atoms with van der Waals surface area (Å²) < 4.78 is 5.51. The number of hydrogen-bond donors (Lipinski definition) is 2. The van der Waals surface area contributed by atoms with E-state index in [1.807, 2.05) is 0 Å². The predicted octanol–water partition coefficient (Wildman–Crippen LogP) is 2.82. The van der Waals surface area contributed by atoms with Gasteiger partial charge in [-0.05, 0) is 25.7 Å². The van der Waals surface area contributed by atoms with Crippen molar-refractivity contribution < 1.29 is 4.74 Å². The SMILES string of the molecule is CCCCCCCCNC(N)=NCC1(OC)CCC1. The van der Waals surface area contributed by atoms with Gasteiger partial charge in [0, 0.05) is 13.7 Å². The second-order valence-electron chi connectivity index (χ2n) is 5.64. The zero-order valence-electron chi connectivity index (χ0n) is 12.7. The Balaban J connectivity index is 2.02. The maximum Gasteiger partial charge on any atom is 0.188 e. The molecule has 0 atom stereocenters. The molecular weight excluding hydrogens is 238 g/mol. The van der Waals surface area contributed by atoms with E-state index in [0.717, 1.165) is 19.4 Å². The van der Waals surface area contributed by atoms with Gasteiger partial charge in [0.05, 0.1) is 12.1 Å². The average Bonchev–Trinajstić information content (AvgIpc) is 2.37. The highest BCUT2D eigenvalue weighted by molar-refractivity contribution is 5.77. The monoisotopic (exact) mass is 269 g/mol. The number of guanidine groups is 1. The van der Waals surface area contributed by atoms with Crippen LogP contribution in [-0.2, 0) is 4.74 Å². The van der Waals surface area contributed by atoms with E-state index < -0.39 is 0 Å². The molecule has 4 nitrogen and oxygen atoms in total. The van der Waals surface area contributed by atoms with Gasteiger partial charge in [0.1, 0.15) is 0 Å². The lowest BCUT2D eigenvalue weighted by Gasteiger charge is -2.39. The van der Waals surface area contributed by atoms with E-state index in [4.69, 9.17) is 10.5 Å². The molecule has 0 heterocycles. The fourth-order valence-corrected chi connectivity index (χ4v) is 2.40. The molecule has 0 unspecified atom stereocenters. The van der Waals surface area contributed by atoms with Crippen molar-refractivity contribution in [1.82, 2.24) is 5.32 Å². The summed E-state index contributed by atoms with van der Waals surface area (Å²) in [5.74, 6) is 0.567. The summed E-state index contributed by atoms with van der Waals surface area (Å²) in [5, 5.41) is 3.19. The van der Waals surface area contributed by atoms with Crippen LogP contribution in [0.3, 0.4) is 0 Å². The highest BCUT2D eigenvalue weighted by Gasteiger charge is 2.36. The second kappa shape index (κ2) is 9.18. The van der Waals surface area contributed by atoms with Gasteiger partial charge >= 0.3 is 0 Å². The molecule has 0 aromatic heterocycles. The number of rotatable bonds is 10. The lowest BCUT2D eigenvalue weighted by Crippen LogP contribution is -2.43. The number of unbranched alkanes of at least 4 members (excludes halogenated alkanes) is 5. The molecule has 19 heavy (non-hydrogen) atoms. The van der Waals surface area contributed by atoms with Crippen LogP contribution in [0, 0.1) is 0 Å². The first kappa shape index (κ1) is 16.3. The first-order valence-corrected chi connectivity index (χ1v) is 7.81. The van der Waals surface area contributed by atoms with E-state index in [2.05, 4.69) is 17.2 Å². The average molecular weight is 269 g/mol. The van der Waals surface area contributed by atoms with Crippen LogP contribution in [0.4, 0.5) is 0 Å². The summed E-state index contributed by atoms with van der Waals surface area (Å²) in [4.78, 5) is 4.39. The molecule has 0 radical (unpaired) electrons. The molecule has 0 spiro atoms. The Morgan fingerprint density at radius 3 is 2.47 bits per heavy atom. The third-order valence-corrected chi connectivity index (χ3v) is 4.07. The van der Waals surface area contributed by atoms with Gasteiger partial charge in [-0.1, -0.05) is 39.0 Å². The molecule has 1 fully saturated rings. The zero-order valence-corrected chi connectivity index (χ0v) is 12.7. The number of aliphatic imine (C=N–C) groups is 1. The molecular formula is C15H31N3O. The smallest absolute Gasteiger partial charge is 0.188 e. The second-order valence-corrected chi connectivity index (χ2v) is 5.64. The van der Waals surface area contributed by atoms with Crippen LogP contribution >= 0.6 is 0 Å². The zero-order chi connectivity index (χ0) is 14.0. The number of nitrogens with one attached hydrogen (secondary N) is 1. The summed E-state index contributed by atoms with van der Waals surface area (Å²) in [6.45, 7) is 3.87. The van der Waals surface area contributed by atoms with Crippen LogP contribution in [0.5, 0.6) is 0 Å². The van der Waals surface area contributed by atoms with E-state index >= 15 is 0 Å². The fourth-order valence-electron chi connectivity index (χ4n) is 2.40. The maximum absolute atomic E-state index is 5.86. The minimum absolute atomic E-state index is 0.0214. The van der Waals surface area contributed by atoms with Crippen molar-refractivity contribution in [2.24, 2.45) is 10.7 Å². The van der Waals surface area contributed by atoms with Crippen molar-refractivity contribution in [3.63, 3.8) is 0 Å². The molecule has 4 heteroatoms. The van der Waals surface area contributed by atoms with E-state index in [1.165, 1.54) is 44.9 Å². The van der Waals surface area contributed by atoms with Crippen molar-refractivity contribution in [3.05, 3.63) is 0 Å². The van der Waals surface area contributed by atoms with Crippen LogP contribution in [0.1, 0.15) is 64.7 Å². The molecule has 0 aliphatic heterocycles. The molecule has 0 aromatic rings. The first-order valence-electron chi connectivity index (χ1n) is 7.81. The van der Waals surface area contributed by atoms with E-state index in [9.17, 15) is 0 Å². The van der Waals surface area contributed by atoms with Gasteiger partial charge in [-0.25, -0.2) is 0 Å². The molecule has 0 amide bonds. The molecule has 1 aliphatic rings. The quantitative estimate of drug-likeness (QED) is 0.364. The van der Waals surface area contributed by atoms with Crippen molar-refractivity contribution in [2.75, 3.05) is 20.2 Å². The van der Waals surface area contributed by atoms with E-state index in [-0.39, 0.29) is 5.60 Å². The van der Waals surface area contributed by atoms with Gasteiger partial charge in [-0.2, -0.15) is 0 Å². The van der Waals surface area contributed by atoms with E-state index in [1.54, 1.807) is 7.11 Å². The van der Waals surface area contributed by atoms with Gasteiger partial charge in [0.2, 0.25) is 0 Å². The van der Waals surface area contributed by atoms with E-state index in [0.29, 0.717) is 12.5 Å². The van der Waals surface area contributed by atoms with Crippen LogP contribution in [0.25, 0.3) is 0 Å². The van der Waals surface area contributed by atoms with Crippen molar-refractivity contribution >= 4 is 5.96 Å². The van der Waals surface area contributed by atoms with Crippen LogP contribution < -0.4 is 11.1 Å². The Morgan fingerprint density at radius 2 is 1.89 bits per heavy atom. The van der Waals surface area contributed by atoms with Crippen LogP contribution in [0.2, 0.25) is 0 Å². The van der Waals surface area contributed by atoms with Gasteiger partial charge < -0.3 is 15.8 Å². The number of nitrogens with two attached hydrogens (primary N) is 1. The Morgan fingerprint density at radius 1 is 1.21 bits per heavy atom. The Labute approximate surface area is 118 Å². The van der Waals surface area contributed by atoms with Crippen LogP contribution in [-0.4, -0.2) is 31.8 Å². The largest absolute Gasteiger partial charge is 0.376 e. The molecule has 0 aromatic carbocycles. The number of nitrogens with zero attached hydrogens (tertiary/aromatic N) is 1. The molecule has 3 N–H and O–H groups in total. The van der Waals surface area contributed by atoms with Crippen molar-refractivity contribution in [1.29, 1.82) is 0 Å². The molecule has 1 rings (SSSR count). The minimum atomic E-state index is -0.0214. The lowest BCUT2D eigenvalue weighted by molar-refractivity contribution is -0.0630. The van der Waals surface area contributed by atoms with Gasteiger partial charge in [-0.15, -0.1) is 0 Å². The molecule has 112 valence electrons. The summed E-state index contributed by atoms with van der Waals surface area (Å²) in [6.07, 6.45) is 11.3. The highest BCUT2D eigenvalue weighted by atomic mass is 16.5. The van der Waals surface area contributed by atoms with Crippen molar-refractivity contribution in [3.8, 4) is 0 Å². The minimum Gasteiger partial charge on any atom is -0.376 e.